The second-order valence-corrected chi connectivity index (χ2v) is 8.72. The number of hydrogen-bond acceptors (Lipinski definition) is 5. The van der Waals surface area contributed by atoms with Gasteiger partial charge in [0.15, 0.2) is 0 Å². The number of nitrogens with one attached hydrogen (secondary N) is 2. The van der Waals surface area contributed by atoms with E-state index in [1.807, 2.05) is 10.6 Å². The van der Waals surface area contributed by atoms with E-state index in [0.717, 1.165) is 18.2 Å². The van der Waals surface area contributed by atoms with Crippen molar-refractivity contribution in [3.05, 3.63) is 88.6 Å². The normalized spacial score (nSPS) is 24.1. The van der Waals surface area contributed by atoms with E-state index in [1.54, 1.807) is 6.07 Å². The highest BCUT2D eigenvalue weighted by Gasteiger charge is 2.74. The molecule has 1 aromatic heterocycles. The van der Waals surface area contributed by atoms with Gasteiger partial charge in [0.1, 0.15) is 29.9 Å². The van der Waals surface area contributed by atoms with Gasteiger partial charge in [-0.2, -0.15) is 13.2 Å². The second-order valence-electron chi connectivity index (χ2n) is 7.93. The number of amides is 2. The van der Waals surface area contributed by atoms with E-state index in [2.05, 4.69) is 6.58 Å². The first-order valence-corrected chi connectivity index (χ1v) is 11.2. The Hall–Kier alpha value is -3.18. The van der Waals surface area contributed by atoms with Crippen LogP contribution in [0.2, 0.25) is 10.0 Å². The molecule has 2 amide bonds. The average molecular weight is 543 g/mol. The van der Waals surface area contributed by atoms with Crippen molar-refractivity contribution in [1.29, 1.82) is 0 Å². The van der Waals surface area contributed by atoms with Crippen molar-refractivity contribution in [2.75, 3.05) is 6.61 Å². The van der Waals surface area contributed by atoms with Crippen LogP contribution in [0, 0.1) is 0 Å². The molecule has 36 heavy (non-hydrogen) atoms. The van der Waals surface area contributed by atoms with Crippen LogP contribution in [0.3, 0.4) is 0 Å². The molecule has 3 unspecified atom stereocenters. The molecule has 1 aliphatic rings. The Bertz CT molecular complexity index is 1300. The Morgan fingerprint density at radius 2 is 1.81 bits per heavy atom. The molecule has 1 aliphatic heterocycles. The van der Waals surface area contributed by atoms with Gasteiger partial charge in [-0.05, 0) is 36.4 Å². The maximum atomic E-state index is 14.5. The Balaban J connectivity index is 1.81. The van der Waals surface area contributed by atoms with Gasteiger partial charge in [0.25, 0.3) is 0 Å². The molecule has 190 valence electrons. The van der Waals surface area contributed by atoms with Gasteiger partial charge < -0.3 is 30.0 Å². The number of benzene rings is 2. The zero-order valence-electron chi connectivity index (χ0n) is 18.3. The van der Waals surface area contributed by atoms with Crippen LogP contribution in [0.1, 0.15) is 17.4 Å². The minimum Gasteiger partial charge on any atom is -0.490 e. The quantitative estimate of drug-likeness (QED) is 0.316. The Kier molecular flexibility index (Phi) is 6.74. The molecule has 3 aromatic rings. The molecule has 4 N–H and O–H groups in total. The predicted molar refractivity (Wildman–Crippen MR) is 126 cm³/mol. The molecular weight excluding hydrogens is 524 g/mol. The fraction of sp³-hybridized carbons (Fsp3) is 0.208. The fourth-order valence-electron chi connectivity index (χ4n) is 3.97. The third-order valence-corrected chi connectivity index (χ3v) is 6.56. The Morgan fingerprint density at radius 3 is 2.44 bits per heavy atom. The summed E-state index contributed by atoms with van der Waals surface area (Å²) in [7, 11) is 0. The third kappa shape index (κ3) is 4.20. The standard InChI is InChI=1S/C24H19Cl2F3N2O5/c1-2-12-35-14-8-6-13(7-9-14)23(34)22(33,24(27,28)29)20(30-21(32)31-23)18-11-10-17(36-18)15-4-3-5-16(25)19(15)26/h2-11,20,33-34H,1,12H2,(H2,30,31,32). The van der Waals surface area contributed by atoms with E-state index < -0.39 is 40.9 Å². The third-order valence-electron chi connectivity index (χ3n) is 5.74. The lowest BCUT2D eigenvalue weighted by Gasteiger charge is -2.51. The summed E-state index contributed by atoms with van der Waals surface area (Å²) in [5.74, 6) is -0.189. The minimum atomic E-state index is -5.47. The molecule has 2 aromatic carbocycles. The van der Waals surface area contributed by atoms with Gasteiger partial charge in [0.05, 0.1) is 10.0 Å². The second kappa shape index (κ2) is 9.36. The maximum absolute atomic E-state index is 14.5. The van der Waals surface area contributed by atoms with E-state index in [0.29, 0.717) is 0 Å². The van der Waals surface area contributed by atoms with Crippen molar-refractivity contribution in [1.82, 2.24) is 10.6 Å². The number of urea groups is 1. The molecule has 4 rings (SSSR count). The monoisotopic (exact) mass is 542 g/mol. The highest BCUT2D eigenvalue weighted by Crippen LogP contribution is 2.52. The van der Waals surface area contributed by atoms with Crippen molar-refractivity contribution >= 4 is 29.2 Å². The molecule has 0 radical (unpaired) electrons. The number of furan rings is 1. The van der Waals surface area contributed by atoms with Gasteiger partial charge in [0, 0.05) is 11.1 Å². The molecule has 12 heteroatoms. The van der Waals surface area contributed by atoms with Crippen LogP contribution in [-0.4, -0.2) is 34.6 Å². The Morgan fingerprint density at radius 1 is 1.11 bits per heavy atom. The summed E-state index contributed by atoms with van der Waals surface area (Å²) < 4.78 is 54.5. The van der Waals surface area contributed by atoms with Crippen LogP contribution in [0.15, 0.2) is 71.7 Å². The Labute approximate surface area is 213 Å². The first kappa shape index (κ1) is 25.9. The van der Waals surface area contributed by atoms with Crippen molar-refractivity contribution in [3.63, 3.8) is 0 Å². The summed E-state index contributed by atoms with van der Waals surface area (Å²) in [6.45, 7) is 3.63. The van der Waals surface area contributed by atoms with Gasteiger partial charge in [-0.15, -0.1) is 0 Å². The molecule has 3 atom stereocenters. The zero-order valence-corrected chi connectivity index (χ0v) is 19.8. The van der Waals surface area contributed by atoms with Crippen molar-refractivity contribution in [3.8, 4) is 17.1 Å². The first-order chi connectivity index (χ1) is 16.9. The van der Waals surface area contributed by atoms with Crippen molar-refractivity contribution in [2.45, 2.75) is 23.5 Å². The number of rotatable bonds is 6. The predicted octanol–water partition coefficient (Wildman–Crippen LogP) is 5.31. The van der Waals surface area contributed by atoms with Gasteiger partial charge in [0.2, 0.25) is 11.3 Å². The molecular formula is C24H19Cl2F3N2O5. The first-order valence-electron chi connectivity index (χ1n) is 10.4. The number of ether oxygens (including phenoxy) is 1. The molecule has 0 spiro atoms. The van der Waals surface area contributed by atoms with Crippen LogP contribution in [0.25, 0.3) is 11.3 Å². The topological polar surface area (TPSA) is 104 Å². The summed E-state index contributed by atoms with van der Waals surface area (Å²) in [5, 5.41) is 26.6. The van der Waals surface area contributed by atoms with E-state index >= 15 is 0 Å². The summed E-state index contributed by atoms with van der Waals surface area (Å²) in [4.78, 5) is 12.5. The van der Waals surface area contributed by atoms with Crippen molar-refractivity contribution in [2.24, 2.45) is 0 Å². The lowest BCUT2D eigenvalue weighted by atomic mass is 9.75. The van der Waals surface area contributed by atoms with Crippen LogP contribution in [0.5, 0.6) is 5.75 Å². The number of aliphatic hydroxyl groups is 2. The van der Waals surface area contributed by atoms with Gasteiger partial charge in [-0.1, -0.05) is 54.1 Å². The van der Waals surface area contributed by atoms with Crippen LogP contribution >= 0.6 is 23.2 Å². The summed E-state index contributed by atoms with van der Waals surface area (Å²) in [5.41, 5.74) is -7.46. The highest BCUT2D eigenvalue weighted by atomic mass is 35.5. The number of alkyl halides is 3. The molecule has 1 saturated heterocycles. The zero-order chi connectivity index (χ0) is 26.3. The number of halogens is 5. The van der Waals surface area contributed by atoms with E-state index in [4.69, 9.17) is 32.4 Å². The summed E-state index contributed by atoms with van der Waals surface area (Å²) in [6, 6.07) is 8.36. The van der Waals surface area contributed by atoms with E-state index in [-0.39, 0.29) is 33.7 Å². The largest absolute Gasteiger partial charge is 0.490 e. The molecule has 0 bridgehead atoms. The number of carbonyl (C=O) groups is 1. The SMILES string of the molecule is C=CCOc1ccc(C2(O)NC(=O)NC(c3ccc(-c4cccc(Cl)c4Cl)o3)C2(O)C(F)(F)F)cc1. The highest BCUT2D eigenvalue weighted by molar-refractivity contribution is 6.43. The van der Waals surface area contributed by atoms with Crippen LogP contribution < -0.4 is 15.4 Å². The van der Waals surface area contributed by atoms with Gasteiger partial charge in [-0.25, -0.2) is 4.79 Å². The molecule has 0 saturated carbocycles. The molecule has 2 heterocycles. The van der Waals surface area contributed by atoms with Gasteiger partial charge in [-0.3, -0.25) is 0 Å². The lowest BCUT2D eigenvalue weighted by Crippen LogP contribution is -2.77. The smallest absolute Gasteiger partial charge is 0.424 e. The molecule has 0 aliphatic carbocycles. The average Bonchev–Trinajstić information content (AvgIpc) is 3.31. The molecule has 1 fully saturated rings. The number of hydrogen-bond donors (Lipinski definition) is 4. The summed E-state index contributed by atoms with van der Waals surface area (Å²) in [6.07, 6.45) is -4.00. The van der Waals surface area contributed by atoms with E-state index in [1.165, 1.54) is 36.4 Å². The number of carbonyl (C=O) groups excluding carboxylic acids is 1. The minimum absolute atomic E-state index is 0.0297. The fourth-order valence-corrected chi connectivity index (χ4v) is 4.37. The van der Waals surface area contributed by atoms with Gasteiger partial charge >= 0.3 is 12.2 Å². The maximum Gasteiger partial charge on any atom is 0.424 e. The van der Waals surface area contributed by atoms with Crippen LogP contribution in [-0.2, 0) is 5.72 Å². The van der Waals surface area contributed by atoms with Crippen LogP contribution in [0.4, 0.5) is 18.0 Å². The lowest BCUT2D eigenvalue weighted by molar-refractivity contribution is -0.344. The molecule has 7 nitrogen and oxygen atoms in total. The van der Waals surface area contributed by atoms with E-state index in [9.17, 15) is 28.2 Å². The summed E-state index contributed by atoms with van der Waals surface area (Å²) >= 11 is 12.2. The van der Waals surface area contributed by atoms with Crippen molar-refractivity contribution < 1.29 is 37.3 Å².